The zero-order chi connectivity index (χ0) is 26.6. The van der Waals surface area contributed by atoms with Crippen molar-refractivity contribution in [1.29, 1.82) is 0 Å². The third kappa shape index (κ3) is 5.72. The number of alkyl halides is 2. The Morgan fingerprint density at radius 2 is 1.89 bits per heavy atom. The molecule has 0 N–H and O–H groups in total. The van der Waals surface area contributed by atoms with E-state index in [1.165, 1.54) is 13.2 Å². The number of Topliss-reactive ketones (excluding diaryl/α,β-unsaturated/α-hetero) is 1. The summed E-state index contributed by atoms with van der Waals surface area (Å²) in [6, 6.07) is 16.8. The molecule has 38 heavy (non-hydrogen) atoms. The van der Waals surface area contributed by atoms with Crippen LogP contribution in [0.2, 0.25) is 0 Å². The average Bonchev–Trinajstić information content (AvgIpc) is 3.63. The maximum atomic E-state index is 13.3. The fraction of sp³-hybridized carbons (Fsp3) is 0.310. The van der Waals surface area contributed by atoms with Crippen LogP contribution in [0.25, 0.3) is 16.9 Å². The second-order valence-electron chi connectivity index (χ2n) is 9.34. The minimum atomic E-state index is -3.08. The van der Waals surface area contributed by atoms with Crippen molar-refractivity contribution >= 4 is 17.1 Å². The van der Waals surface area contributed by atoms with Crippen LogP contribution < -0.4 is 19.1 Å². The molecule has 0 unspecified atom stereocenters. The van der Waals surface area contributed by atoms with Gasteiger partial charge in [0.05, 0.1) is 25.5 Å². The molecule has 0 amide bonds. The smallest absolute Gasteiger partial charge is 0.387 e. The molecule has 1 fully saturated rings. The minimum Gasteiger partial charge on any atom is -0.496 e. The SMILES string of the molecule is COc1cc(-c2cnc3cc(OCCN(C)c4ccccc4)ccn23)cc(OC(F)F)c1C(=O)CC1CC1. The van der Waals surface area contributed by atoms with Crippen LogP contribution in [0.1, 0.15) is 29.6 Å². The molecule has 0 bridgehead atoms. The predicted octanol–water partition coefficient (Wildman–Crippen LogP) is 6.11. The number of imidazole rings is 1. The molecule has 0 radical (unpaired) electrons. The second kappa shape index (κ2) is 11.1. The van der Waals surface area contributed by atoms with Crippen molar-refractivity contribution in [3.05, 3.63) is 72.6 Å². The summed E-state index contributed by atoms with van der Waals surface area (Å²) in [6.45, 7) is -1.89. The molecule has 7 nitrogen and oxygen atoms in total. The first kappa shape index (κ1) is 25.5. The van der Waals surface area contributed by atoms with Gasteiger partial charge in [-0.1, -0.05) is 18.2 Å². The highest BCUT2D eigenvalue weighted by Gasteiger charge is 2.29. The third-order valence-corrected chi connectivity index (χ3v) is 6.62. The Labute approximate surface area is 219 Å². The Balaban J connectivity index is 1.37. The molecule has 0 atom stereocenters. The van der Waals surface area contributed by atoms with Gasteiger partial charge in [-0.15, -0.1) is 0 Å². The quantitative estimate of drug-likeness (QED) is 0.210. The normalized spacial score (nSPS) is 13.1. The van der Waals surface area contributed by atoms with Crippen molar-refractivity contribution in [2.75, 3.05) is 32.2 Å². The lowest BCUT2D eigenvalue weighted by molar-refractivity contribution is -0.0502. The van der Waals surface area contributed by atoms with Crippen LogP contribution in [0.4, 0.5) is 14.5 Å². The molecule has 1 aliphatic carbocycles. The number of hydrogen-bond acceptors (Lipinski definition) is 6. The molecule has 2 aromatic carbocycles. The van der Waals surface area contributed by atoms with Crippen LogP contribution in [0, 0.1) is 5.92 Å². The summed E-state index contributed by atoms with van der Waals surface area (Å²) in [5, 5.41) is 0. The minimum absolute atomic E-state index is 0.0495. The summed E-state index contributed by atoms with van der Waals surface area (Å²) >= 11 is 0. The predicted molar refractivity (Wildman–Crippen MR) is 141 cm³/mol. The van der Waals surface area contributed by atoms with Gasteiger partial charge in [0.15, 0.2) is 5.78 Å². The zero-order valence-corrected chi connectivity index (χ0v) is 21.3. The first-order chi connectivity index (χ1) is 18.4. The molecular formula is C29H29F2N3O4. The van der Waals surface area contributed by atoms with Gasteiger partial charge in [0, 0.05) is 37.0 Å². The van der Waals surface area contributed by atoms with Crippen molar-refractivity contribution < 1.29 is 27.8 Å². The summed E-state index contributed by atoms with van der Waals surface area (Å²) in [5.74, 6) is 0.694. The van der Waals surface area contributed by atoms with E-state index in [4.69, 9.17) is 14.2 Å². The van der Waals surface area contributed by atoms with E-state index >= 15 is 0 Å². The van der Waals surface area contributed by atoms with Gasteiger partial charge in [0.25, 0.3) is 0 Å². The number of para-hydroxylation sites is 1. The number of ketones is 1. The van der Waals surface area contributed by atoms with Crippen molar-refractivity contribution in [3.8, 4) is 28.5 Å². The largest absolute Gasteiger partial charge is 0.496 e. The number of carbonyl (C=O) groups is 1. The standard InChI is InChI=1S/C29H29F2N3O4/c1-33(21-6-4-3-5-7-21)12-13-37-22-10-11-34-23(18-32-27(34)17-22)20-15-25(36-2)28(24(35)14-19-8-9-19)26(16-20)38-29(30)31/h3-7,10-11,15-19,29H,8-9,12-14H2,1-2H3. The summed E-state index contributed by atoms with van der Waals surface area (Å²) in [4.78, 5) is 19.5. The lowest BCUT2D eigenvalue weighted by atomic mass is 10.00. The van der Waals surface area contributed by atoms with E-state index in [2.05, 4.69) is 9.88 Å². The molecule has 1 aliphatic rings. The summed E-state index contributed by atoms with van der Waals surface area (Å²) in [7, 11) is 3.42. The molecule has 5 rings (SSSR count). The van der Waals surface area contributed by atoms with Gasteiger partial charge in [0.1, 0.15) is 35.1 Å². The van der Waals surface area contributed by atoms with Crippen molar-refractivity contribution in [3.63, 3.8) is 0 Å². The highest BCUT2D eigenvalue weighted by Crippen LogP contribution is 2.40. The molecule has 1 saturated carbocycles. The number of likely N-dealkylation sites (N-methyl/N-ethyl adjacent to an activating group) is 1. The van der Waals surface area contributed by atoms with Gasteiger partial charge < -0.3 is 19.1 Å². The second-order valence-corrected chi connectivity index (χ2v) is 9.34. The summed E-state index contributed by atoms with van der Waals surface area (Å²) < 4.78 is 44.6. The van der Waals surface area contributed by atoms with E-state index in [9.17, 15) is 13.6 Å². The van der Waals surface area contributed by atoms with Crippen LogP contribution in [0.15, 0.2) is 67.0 Å². The number of halogens is 2. The zero-order valence-electron chi connectivity index (χ0n) is 21.3. The lowest BCUT2D eigenvalue weighted by Gasteiger charge is -2.19. The van der Waals surface area contributed by atoms with Crippen molar-refractivity contribution in [1.82, 2.24) is 9.38 Å². The molecule has 4 aromatic rings. The Bertz CT molecular complexity index is 1420. The number of carbonyl (C=O) groups excluding carboxylic acids is 1. The molecule has 198 valence electrons. The summed E-state index contributed by atoms with van der Waals surface area (Å²) in [5.41, 5.74) is 2.95. The Kier molecular flexibility index (Phi) is 7.44. The van der Waals surface area contributed by atoms with Crippen LogP contribution in [0.5, 0.6) is 17.2 Å². The van der Waals surface area contributed by atoms with E-state index in [-0.39, 0.29) is 29.3 Å². The molecule has 9 heteroatoms. The van der Waals surface area contributed by atoms with Gasteiger partial charge in [-0.3, -0.25) is 9.20 Å². The van der Waals surface area contributed by atoms with E-state index in [0.717, 1.165) is 18.5 Å². The third-order valence-electron chi connectivity index (χ3n) is 6.62. The van der Waals surface area contributed by atoms with Gasteiger partial charge in [-0.2, -0.15) is 8.78 Å². The maximum absolute atomic E-state index is 13.3. The molecule has 2 aromatic heterocycles. The highest BCUT2D eigenvalue weighted by atomic mass is 19.3. The number of pyridine rings is 1. The van der Waals surface area contributed by atoms with E-state index in [1.807, 2.05) is 53.9 Å². The number of hydrogen-bond donors (Lipinski definition) is 0. The number of benzene rings is 2. The van der Waals surface area contributed by atoms with Crippen molar-refractivity contribution in [2.24, 2.45) is 5.92 Å². The first-order valence-corrected chi connectivity index (χ1v) is 12.5. The topological polar surface area (TPSA) is 65.3 Å². The number of nitrogens with zero attached hydrogens (tertiary/aromatic N) is 3. The Morgan fingerprint density at radius 3 is 2.61 bits per heavy atom. The summed E-state index contributed by atoms with van der Waals surface area (Å²) in [6.07, 6.45) is 5.66. The van der Waals surface area contributed by atoms with Crippen LogP contribution >= 0.6 is 0 Å². The fourth-order valence-corrected chi connectivity index (χ4v) is 4.43. The number of ether oxygens (including phenoxy) is 3. The van der Waals surface area contributed by atoms with Gasteiger partial charge >= 0.3 is 6.61 Å². The van der Waals surface area contributed by atoms with Gasteiger partial charge in [0.2, 0.25) is 0 Å². The van der Waals surface area contributed by atoms with Crippen LogP contribution in [0.3, 0.4) is 0 Å². The van der Waals surface area contributed by atoms with Crippen LogP contribution in [-0.4, -0.2) is 49.1 Å². The van der Waals surface area contributed by atoms with Crippen LogP contribution in [-0.2, 0) is 0 Å². The monoisotopic (exact) mass is 521 g/mol. The van der Waals surface area contributed by atoms with E-state index in [0.29, 0.717) is 41.7 Å². The van der Waals surface area contributed by atoms with E-state index < -0.39 is 6.61 Å². The number of rotatable bonds is 12. The molecule has 2 heterocycles. The van der Waals surface area contributed by atoms with Crippen molar-refractivity contribution in [2.45, 2.75) is 25.9 Å². The van der Waals surface area contributed by atoms with Gasteiger partial charge in [-0.05, 0) is 49.1 Å². The molecule has 0 aliphatic heterocycles. The Hall–Kier alpha value is -4.14. The molecule has 0 spiro atoms. The fourth-order valence-electron chi connectivity index (χ4n) is 4.43. The Morgan fingerprint density at radius 1 is 1.13 bits per heavy atom. The molecular weight excluding hydrogens is 492 g/mol. The average molecular weight is 522 g/mol. The van der Waals surface area contributed by atoms with Gasteiger partial charge in [-0.25, -0.2) is 4.98 Å². The highest BCUT2D eigenvalue weighted by molar-refractivity contribution is 6.02. The number of fused-ring (bicyclic) bond motifs is 1. The molecule has 0 saturated heterocycles. The first-order valence-electron chi connectivity index (χ1n) is 12.5. The lowest BCUT2D eigenvalue weighted by Crippen LogP contribution is -2.23. The number of methoxy groups -OCH3 is 1. The number of aromatic nitrogens is 2. The number of anilines is 1. The maximum Gasteiger partial charge on any atom is 0.387 e. The van der Waals surface area contributed by atoms with E-state index in [1.54, 1.807) is 18.5 Å².